The van der Waals surface area contributed by atoms with Crippen LogP contribution in [-0.2, 0) is 20.7 Å². The van der Waals surface area contributed by atoms with Crippen LogP contribution in [-0.4, -0.2) is 30.4 Å². The number of imide groups is 2. The molecule has 3 aromatic carbocycles. The molecule has 0 unspecified atom stereocenters. The first-order valence-electron chi connectivity index (χ1n) is 11.0. The molecule has 0 bridgehead atoms. The van der Waals surface area contributed by atoms with E-state index in [-0.39, 0.29) is 23.4 Å². The molecule has 4 rings (SSSR count). The van der Waals surface area contributed by atoms with Crippen LogP contribution in [0.2, 0.25) is 0 Å². The van der Waals surface area contributed by atoms with Crippen molar-refractivity contribution in [3.63, 3.8) is 0 Å². The second-order valence-electron chi connectivity index (χ2n) is 7.84. The summed E-state index contributed by atoms with van der Waals surface area (Å²) < 4.78 is 6.78. The number of barbiturate groups is 1. The van der Waals surface area contributed by atoms with Crippen LogP contribution in [0.3, 0.4) is 0 Å². The molecule has 1 heterocycles. The normalized spacial score (nSPS) is 14.7. The highest BCUT2D eigenvalue weighted by Gasteiger charge is 2.36. The van der Waals surface area contributed by atoms with Gasteiger partial charge in [0.25, 0.3) is 11.8 Å². The van der Waals surface area contributed by atoms with Crippen molar-refractivity contribution in [1.82, 2.24) is 5.32 Å². The minimum Gasteiger partial charge on any atom is -0.462 e. The number of hydrogen-bond acceptors (Lipinski definition) is 5. The number of ether oxygens (including phenoxy) is 1. The number of benzene rings is 3. The number of halogens is 2. The van der Waals surface area contributed by atoms with Gasteiger partial charge in [-0.05, 0) is 72.5 Å². The Morgan fingerprint density at radius 1 is 0.944 bits per heavy atom. The zero-order valence-corrected chi connectivity index (χ0v) is 22.3. The zero-order valence-electron chi connectivity index (χ0n) is 19.1. The Balaban J connectivity index is 1.59. The molecular formula is C27H20Br2N2O5. The summed E-state index contributed by atoms with van der Waals surface area (Å²) in [5.41, 5.74) is 3.08. The van der Waals surface area contributed by atoms with E-state index in [0.717, 1.165) is 25.0 Å². The van der Waals surface area contributed by atoms with E-state index in [4.69, 9.17) is 4.74 Å². The third kappa shape index (κ3) is 5.47. The van der Waals surface area contributed by atoms with Gasteiger partial charge in [-0.1, -0.05) is 62.2 Å². The molecule has 9 heteroatoms. The Bertz CT molecular complexity index is 1400. The molecule has 0 spiro atoms. The molecule has 3 aromatic rings. The van der Waals surface area contributed by atoms with Crippen LogP contribution < -0.4 is 10.2 Å². The Kier molecular flexibility index (Phi) is 7.81. The number of nitrogens with zero attached hydrogens (tertiary/aromatic N) is 1. The largest absolute Gasteiger partial charge is 0.462 e. The summed E-state index contributed by atoms with van der Waals surface area (Å²) in [5.74, 6) is -2.05. The fourth-order valence-corrected chi connectivity index (χ4v) is 4.62. The van der Waals surface area contributed by atoms with Crippen molar-refractivity contribution in [2.75, 3.05) is 11.5 Å². The summed E-state index contributed by atoms with van der Waals surface area (Å²) in [7, 11) is 0. The molecule has 0 aliphatic carbocycles. The van der Waals surface area contributed by atoms with Crippen LogP contribution in [0.25, 0.3) is 6.08 Å². The predicted octanol–water partition coefficient (Wildman–Crippen LogP) is 5.65. The molecule has 1 saturated heterocycles. The molecule has 0 saturated carbocycles. The lowest BCUT2D eigenvalue weighted by Gasteiger charge is -2.26. The summed E-state index contributed by atoms with van der Waals surface area (Å²) in [6.07, 6.45) is 2.12. The van der Waals surface area contributed by atoms with Gasteiger partial charge in [0, 0.05) is 8.95 Å². The molecule has 182 valence electrons. The highest BCUT2D eigenvalue weighted by Crippen LogP contribution is 2.27. The summed E-state index contributed by atoms with van der Waals surface area (Å²) >= 11 is 7.14. The van der Waals surface area contributed by atoms with Gasteiger partial charge >= 0.3 is 12.0 Å². The van der Waals surface area contributed by atoms with E-state index in [2.05, 4.69) is 37.2 Å². The Morgan fingerprint density at radius 2 is 1.64 bits per heavy atom. The zero-order chi connectivity index (χ0) is 25.8. The number of anilines is 1. The average Bonchev–Trinajstić information content (AvgIpc) is 2.85. The molecule has 0 radical (unpaired) electrons. The lowest BCUT2D eigenvalue weighted by Crippen LogP contribution is -2.54. The minimum absolute atomic E-state index is 0.186. The smallest absolute Gasteiger partial charge is 0.338 e. The SMILES string of the molecule is CCOC(=O)c1ccc(N2C(=O)NC(=O)/C(=C\c3ccc(Cc4ccccc4Br)c(Br)c3)C2=O)cc1. The fraction of sp³-hybridized carbons (Fsp3) is 0.111. The highest BCUT2D eigenvalue weighted by atomic mass is 79.9. The second-order valence-corrected chi connectivity index (χ2v) is 9.55. The van der Waals surface area contributed by atoms with Gasteiger partial charge in [-0.3, -0.25) is 14.9 Å². The van der Waals surface area contributed by atoms with E-state index in [1.165, 1.54) is 30.3 Å². The number of nitrogens with one attached hydrogen (secondary N) is 1. The summed E-state index contributed by atoms with van der Waals surface area (Å²) in [4.78, 5) is 50.9. The maximum atomic E-state index is 13.2. The van der Waals surface area contributed by atoms with Crippen LogP contribution >= 0.6 is 31.9 Å². The van der Waals surface area contributed by atoms with Crippen molar-refractivity contribution in [3.05, 3.63) is 104 Å². The number of esters is 1. The van der Waals surface area contributed by atoms with Crippen molar-refractivity contribution in [2.45, 2.75) is 13.3 Å². The van der Waals surface area contributed by atoms with E-state index in [1.807, 2.05) is 36.4 Å². The van der Waals surface area contributed by atoms with Gasteiger partial charge in [0.15, 0.2) is 0 Å². The van der Waals surface area contributed by atoms with Gasteiger partial charge < -0.3 is 4.74 Å². The lowest BCUT2D eigenvalue weighted by molar-refractivity contribution is -0.122. The van der Waals surface area contributed by atoms with Crippen molar-refractivity contribution in [1.29, 1.82) is 0 Å². The maximum Gasteiger partial charge on any atom is 0.338 e. The molecular weight excluding hydrogens is 592 g/mol. The van der Waals surface area contributed by atoms with Crippen LogP contribution in [0.15, 0.2) is 81.2 Å². The fourth-order valence-electron chi connectivity index (χ4n) is 3.66. The van der Waals surface area contributed by atoms with Crippen LogP contribution in [0.5, 0.6) is 0 Å². The number of carbonyl (C=O) groups excluding carboxylic acids is 4. The molecule has 0 atom stereocenters. The molecule has 1 fully saturated rings. The summed E-state index contributed by atoms with van der Waals surface area (Å²) in [6, 6.07) is 18.4. The Hall–Kier alpha value is -3.56. The van der Waals surface area contributed by atoms with E-state index in [1.54, 1.807) is 13.0 Å². The van der Waals surface area contributed by atoms with Crippen molar-refractivity contribution in [3.8, 4) is 0 Å². The van der Waals surface area contributed by atoms with Gasteiger partial charge in [-0.25, -0.2) is 14.5 Å². The van der Waals surface area contributed by atoms with Crippen molar-refractivity contribution in [2.24, 2.45) is 0 Å². The van der Waals surface area contributed by atoms with E-state index >= 15 is 0 Å². The first-order chi connectivity index (χ1) is 17.3. The number of rotatable bonds is 6. The van der Waals surface area contributed by atoms with E-state index < -0.39 is 23.8 Å². The standard InChI is InChI=1S/C27H20Br2N2O5/c1-2-36-26(34)17-9-11-20(12-10-17)31-25(33)21(24(32)30-27(31)35)13-16-7-8-19(23(29)14-16)15-18-5-3-4-6-22(18)28/h3-14H,2,15H2,1H3,(H,30,32,35)/b21-13+. The summed E-state index contributed by atoms with van der Waals surface area (Å²) in [6.45, 7) is 1.92. The highest BCUT2D eigenvalue weighted by molar-refractivity contribution is 9.10. The monoisotopic (exact) mass is 610 g/mol. The summed E-state index contributed by atoms with van der Waals surface area (Å²) in [5, 5.41) is 2.20. The first kappa shape index (κ1) is 25.5. The molecule has 36 heavy (non-hydrogen) atoms. The van der Waals surface area contributed by atoms with Gasteiger partial charge in [0.1, 0.15) is 5.57 Å². The van der Waals surface area contributed by atoms with E-state index in [9.17, 15) is 19.2 Å². The third-order valence-corrected chi connectivity index (χ3v) is 6.98. The predicted molar refractivity (Wildman–Crippen MR) is 142 cm³/mol. The first-order valence-corrected chi connectivity index (χ1v) is 12.6. The molecule has 1 aliphatic rings. The molecule has 4 amide bonds. The quantitative estimate of drug-likeness (QED) is 0.221. The van der Waals surface area contributed by atoms with Gasteiger partial charge in [0.2, 0.25) is 0 Å². The van der Waals surface area contributed by atoms with Crippen LogP contribution in [0.4, 0.5) is 10.5 Å². The number of carbonyl (C=O) groups is 4. The maximum absolute atomic E-state index is 13.2. The average molecular weight is 612 g/mol. The topological polar surface area (TPSA) is 92.8 Å². The Morgan fingerprint density at radius 3 is 2.31 bits per heavy atom. The third-order valence-electron chi connectivity index (χ3n) is 5.47. The number of amides is 4. The molecule has 1 N–H and O–H groups in total. The number of hydrogen-bond donors (Lipinski definition) is 1. The Labute approximate surface area is 224 Å². The van der Waals surface area contributed by atoms with E-state index in [0.29, 0.717) is 12.0 Å². The second kappa shape index (κ2) is 11.0. The van der Waals surface area contributed by atoms with Crippen molar-refractivity contribution >= 4 is 67.4 Å². The molecule has 0 aromatic heterocycles. The van der Waals surface area contributed by atoms with Gasteiger partial charge in [-0.15, -0.1) is 0 Å². The van der Waals surface area contributed by atoms with Crippen molar-refractivity contribution < 1.29 is 23.9 Å². The lowest BCUT2D eigenvalue weighted by atomic mass is 10.0. The number of urea groups is 1. The van der Waals surface area contributed by atoms with Crippen LogP contribution in [0.1, 0.15) is 34.0 Å². The van der Waals surface area contributed by atoms with Gasteiger partial charge in [-0.2, -0.15) is 0 Å². The van der Waals surface area contributed by atoms with Gasteiger partial charge in [0.05, 0.1) is 17.9 Å². The molecule has 7 nitrogen and oxygen atoms in total. The van der Waals surface area contributed by atoms with Crippen LogP contribution in [0, 0.1) is 0 Å². The minimum atomic E-state index is -0.865. The molecule has 1 aliphatic heterocycles.